The highest BCUT2D eigenvalue weighted by molar-refractivity contribution is 5.75. The van der Waals surface area contributed by atoms with Crippen molar-refractivity contribution in [2.75, 3.05) is 13.1 Å². The van der Waals surface area contributed by atoms with Crippen LogP contribution in [0.5, 0.6) is 0 Å². The van der Waals surface area contributed by atoms with Crippen molar-refractivity contribution >= 4 is 6.03 Å². The van der Waals surface area contributed by atoms with Crippen molar-refractivity contribution in [2.45, 2.75) is 37.8 Å². The van der Waals surface area contributed by atoms with Gasteiger partial charge in [0, 0.05) is 25.2 Å². The van der Waals surface area contributed by atoms with Crippen molar-refractivity contribution in [1.29, 1.82) is 0 Å². The highest BCUT2D eigenvalue weighted by Gasteiger charge is 2.31. The Kier molecular flexibility index (Phi) is 2.40. The third-order valence-corrected chi connectivity index (χ3v) is 3.00. The fourth-order valence-electron chi connectivity index (χ4n) is 2.27. The summed E-state index contributed by atoms with van der Waals surface area (Å²) < 4.78 is 0. The van der Waals surface area contributed by atoms with Crippen LogP contribution in [0, 0.1) is 0 Å². The molecule has 2 rings (SSSR count). The van der Waals surface area contributed by atoms with E-state index in [1.54, 1.807) is 0 Å². The van der Waals surface area contributed by atoms with Gasteiger partial charge in [0.15, 0.2) is 0 Å². The molecule has 2 aliphatic rings. The number of hydrogen-bond donors (Lipinski definition) is 2. The standard InChI is InChI=1S/C9H17N3O/c10-7-2-3-8(6-7)12-5-1-4-11-9(12)13/h7-8H,1-6,10H2,(H,11,13). The first kappa shape index (κ1) is 8.81. The molecule has 2 fully saturated rings. The molecule has 74 valence electrons. The molecule has 1 heterocycles. The van der Waals surface area contributed by atoms with Crippen molar-refractivity contribution in [3.63, 3.8) is 0 Å². The van der Waals surface area contributed by atoms with Crippen LogP contribution in [0.3, 0.4) is 0 Å². The number of hydrogen-bond acceptors (Lipinski definition) is 2. The molecule has 4 heteroatoms. The van der Waals surface area contributed by atoms with E-state index < -0.39 is 0 Å². The third-order valence-electron chi connectivity index (χ3n) is 3.00. The van der Waals surface area contributed by atoms with E-state index in [0.29, 0.717) is 12.1 Å². The van der Waals surface area contributed by atoms with E-state index in [4.69, 9.17) is 5.73 Å². The van der Waals surface area contributed by atoms with E-state index in [-0.39, 0.29) is 6.03 Å². The Labute approximate surface area is 78.5 Å². The Hall–Kier alpha value is -0.770. The molecule has 1 saturated heterocycles. The van der Waals surface area contributed by atoms with E-state index in [2.05, 4.69) is 5.32 Å². The molecule has 4 nitrogen and oxygen atoms in total. The number of amides is 2. The van der Waals surface area contributed by atoms with Crippen molar-refractivity contribution < 1.29 is 4.79 Å². The highest BCUT2D eigenvalue weighted by Crippen LogP contribution is 2.23. The summed E-state index contributed by atoms with van der Waals surface area (Å²) >= 11 is 0. The molecule has 1 aliphatic carbocycles. The first-order valence-electron chi connectivity index (χ1n) is 5.07. The summed E-state index contributed by atoms with van der Waals surface area (Å²) in [6, 6.07) is 0.806. The maximum atomic E-state index is 11.5. The first-order valence-corrected chi connectivity index (χ1v) is 5.07. The lowest BCUT2D eigenvalue weighted by atomic mass is 10.2. The fraction of sp³-hybridized carbons (Fsp3) is 0.889. The largest absolute Gasteiger partial charge is 0.338 e. The van der Waals surface area contributed by atoms with Gasteiger partial charge in [-0.05, 0) is 25.7 Å². The second-order valence-corrected chi connectivity index (χ2v) is 4.01. The van der Waals surface area contributed by atoms with Gasteiger partial charge in [-0.2, -0.15) is 0 Å². The summed E-state index contributed by atoms with van der Waals surface area (Å²) in [5.74, 6) is 0. The van der Waals surface area contributed by atoms with Gasteiger partial charge in [-0.15, -0.1) is 0 Å². The molecule has 2 atom stereocenters. The summed E-state index contributed by atoms with van der Waals surface area (Å²) in [6.45, 7) is 1.73. The van der Waals surface area contributed by atoms with Gasteiger partial charge in [-0.1, -0.05) is 0 Å². The molecule has 0 bridgehead atoms. The smallest absolute Gasteiger partial charge is 0.317 e. The van der Waals surface area contributed by atoms with Gasteiger partial charge in [0.05, 0.1) is 0 Å². The van der Waals surface area contributed by atoms with Crippen LogP contribution in [0.25, 0.3) is 0 Å². The average Bonchev–Trinajstić information content (AvgIpc) is 2.53. The van der Waals surface area contributed by atoms with Crippen LogP contribution in [-0.4, -0.2) is 36.1 Å². The molecule has 2 unspecified atom stereocenters. The van der Waals surface area contributed by atoms with E-state index in [0.717, 1.165) is 38.8 Å². The summed E-state index contributed by atoms with van der Waals surface area (Å²) in [5.41, 5.74) is 5.82. The van der Waals surface area contributed by atoms with Gasteiger partial charge in [-0.25, -0.2) is 4.79 Å². The molecule has 0 spiro atoms. The SMILES string of the molecule is NC1CCC(N2CCCNC2=O)C1. The minimum absolute atomic E-state index is 0.102. The molecule has 0 aromatic carbocycles. The number of nitrogens with one attached hydrogen (secondary N) is 1. The van der Waals surface area contributed by atoms with Gasteiger partial charge in [0.1, 0.15) is 0 Å². The van der Waals surface area contributed by atoms with E-state index in [1.807, 2.05) is 4.90 Å². The quantitative estimate of drug-likeness (QED) is 0.613. The van der Waals surface area contributed by atoms with Crippen LogP contribution in [0.4, 0.5) is 4.79 Å². The summed E-state index contributed by atoms with van der Waals surface area (Å²) in [5, 5.41) is 2.87. The van der Waals surface area contributed by atoms with Gasteiger partial charge in [-0.3, -0.25) is 0 Å². The van der Waals surface area contributed by atoms with E-state index in [1.165, 1.54) is 0 Å². The Morgan fingerprint density at radius 3 is 2.92 bits per heavy atom. The molecule has 2 amide bonds. The minimum atomic E-state index is 0.102. The molecule has 0 aromatic heterocycles. The summed E-state index contributed by atoms with van der Waals surface area (Å²) in [7, 11) is 0. The Morgan fingerprint density at radius 2 is 2.31 bits per heavy atom. The lowest BCUT2D eigenvalue weighted by Crippen LogP contribution is -2.50. The third kappa shape index (κ3) is 1.77. The zero-order valence-electron chi connectivity index (χ0n) is 7.83. The lowest BCUT2D eigenvalue weighted by Gasteiger charge is -2.32. The second-order valence-electron chi connectivity index (χ2n) is 4.01. The average molecular weight is 183 g/mol. The zero-order chi connectivity index (χ0) is 9.26. The Balaban J connectivity index is 1.95. The number of nitrogens with zero attached hydrogens (tertiary/aromatic N) is 1. The molecule has 1 saturated carbocycles. The first-order chi connectivity index (χ1) is 6.27. The Bertz CT molecular complexity index is 207. The number of carbonyl (C=O) groups excluding carboxylic acids is 1. The highest BCUT2D eigenvalue weighted by atomic mass is 16.2. The maximum Gasteiger partial charge on any atom is 0.317 e. The number of carbonyl (C=O) groups is 1. The van der Waals surface area contributed by atoms with Crippen LogP contribution in [0.2, 0.25) is 0 Å². The molecule has 0 aromatic rings. The van der Waals surface area contributed by atoms with Crippen LogP contribution < -0.4 is 11.1 Å². The molecular weight excluding hydrogens is 166 g/mol. The Morgan fingerprint density at radius 1 is 1.46 bits per heavy atom. The predicted octanol–water partition coefficient (Wildman–Crippen LogP) is 0.281. The second kappa shape index (κ2) is 3.54. The summed E-state index contributed by atoms with van der Waals surface area (Å²) in [4.78, 5) is 13.4. The molecule has 13 heavy (non-hydrogen) atoms. The van der Waals surface area contributed by atoms with Gasteiger partial charge < -0.3 is 16.0 Å². The topological polar surface area (TPSA) is 58.4 Å². The zero-order valence-corrected chi connectivity index (χ0v) is 7.83. The minimum Gasteiger partial charge on any atom is -0.338 e. The normalized spacial score (nSPS) is 34.8. The van der Waals surface area contributed by atoms with Crippen LogP contribution >= 0.6 is 0 Å². The van der Waals surface area contributed by atoms with E-state index >= 15 is 0 Å². The van der Waals surface area contributed by atoms with Gasteiger partial charge in [0.2, 0.25) is 0 Å². The van der Waals surface area contributed by atoms with Crippen molar-refractivity contribution in [2.24, 2.45) is 5.73 Å². The number of rotatable bonds is 1. The maximum absolute atomic E-state index is 11.5. The van der Waals surface area contributed by atoms with Crippen molar-refractivity contribution in [1.82, 2.24) is 10.2 Å². The fourth-order valence-corrected chi connectivity index (χ4v) is 2.27. The molecule has 3 N–H and O–H groups in total. The molecule has 0 radical (unpaired) electrons. The predicted molar refractivity (Wildman–Crippen MR) is 50.3 cm³/mol. The monoisotopic (exact) mass is 183 g/mol. The van der Waals surface area contributed by atoms with Crippen LogP contribution in [-0.2, 0) is 0 Å². The van der Waals surface area contributed by atoms with E-state index in [9.17, 15) is 4.79 Å². The number of urea groups is 1. The molecular formula is C9H17N3O. The summed E-state index contributed by atoms with van der Waals surface area (Å²) in [6.07, 6.45) is 4.19. The van der Waals surface area contributed by atoms with Crippen LogP contribution in [0.15, 0.2) is 0 Å². The van der Waals surface area contributed by atoms with Crippen LogP contribution in [0.1, 0.15) is 25.7 Å². The number of nitrogens with two attached hydrogens (primary N) is 1. The van der Waals surface area contributed by atoms with Gasteiger partial charge in [0.25, 0.3) is 0 Å². The van der Waals surface area contributed by atoms with Crippen molar-refractivity contribution in [3.05, 3.63) is 0 Å². The lowest BCUT2D eigenvalue weighted by molar-refractivity contribution is 0.161. The molecule has 1 aliphatic heterocycles. The van der Waals surface area contributed by atoms with Gasteiger partial charge >= 0.3 is 6.03 Å². The van der Waals surface area contributed by atoms with Crippen molar-refractivity contribution in [3.8, 4) is 0 Å².